The zero-order chi connectivity index (χ0) is 9.90. The highest BCUT2D eigenvalue weighted by Gasteiger charge is 2.12. The quantitative estimate of drug-likeness (QED) is 0.742. The molecule has 4 heteroatoms. The van der Waals surface area contributed by atoms with Gasteiger partial charge in [-0.25, -0.2) is 4.98 Å². The molecule has 1 rings (SSSR count). The number of aromatic nitrogens is 2. The molecule has 0 unspecified atom stereocenters. The smallest absolute Gasteiger partial charge is 0.232 e. The van der Waals surface area contributed by atoms with Crippen LogP contribution in [0.25, 0.3) is 0 Å². The van der Waals surface area contributed by atoms with Crippen LogP contribution in [-0.2, 0) is 6.54 Å². The van der Waals surface area contributed by atoms with Crippen molar-refractivity contribution in [3.8, 4) is 5.88 Å². The molecule has 13 heavy (non-hydrogen) atoms. The molecular formula is C9H15N3O. The van der Waals surface area contributed by atoms with Crippen molar-refractivity contribution in [2.75, 3.05) is 0 Å². The fraction of sp³-hybridized carbons (Fsp3) is 0.556. The Morgan fingerprint density at radius 2 is 2.00 bits per heavy atom. The Kier molecular flexibility index (Phi) is 2.83. The van der Waals surface area contributed by atoms with Gasteiger partial charge in [0, 0.05) is 6.54 Å². The lowest BCUT2D eigenvalue weighted by atomic mass is 10.2. The molecule has 0 atom stereocenters. The van der Waals surface area contributed by atoms with Gasteiger partial charge in [-0.2, -0.15) is 0 Å². The van der Waals surface area contributed by atoms with Crippen LogP contribution in [0, 0.1) is 0 Å². The van der Waals surface area contributed by atoms with E-state index in [-0.39, 0.29) is 5.60 Å². The molecule has 0 spiro atoms. The Labute approximate surface area is 78.1 Å². The number of hydrogen-bond donors (Lipinski definition) is 1. The van der Waals surface area contributed by atoms with Crippen LogP contribution in [0.2, 0.25) is 0 Å². The van der Waals surface area contributed by atoms with Crippen LogP contribution in [0.1, 0.15) is 26.5 Å². The van der Waals surface area contributed by atoms with Crippen LogP contribution in [0.15, 0.2) is 12.4 Å². The summed E-state index contributed by atoms with van der Waals surface area (Å²) in [5.41, 5.74) is 5.91. The topological polar surface area (TPSA) is 61.0 Å². The maximum absolute atomic E-state index is 5.49. The highest BCUT2D eigenvalue weighted by Crippen LogP contribution is 2.13. The molecule has 72 valence electrons. The fourth-order valence-electron chi connectivity index (χ4n) is 0.815. The molecule has 0 saturated heterocycles. The molecule has 4 nitrogen and oxygen atoms in total. The van der Waals surface area contributed by atoms with Gasteiger partial charge in [0.15, 0.2) is 0 Å². The molecule has 0 saturated carbocycles. The van der Waals surface area contributed by atoms with Crippen molar-refractivity contribution < 1.29 is 4.74 Å². The lowest BCUT2D eigenvalue weighted by Gasteiger charge is -2.19. The SMILES string of the molecule is CC(C)(C)Oc1cnc(CN)cn1. The normalized spacial score (nSPS) is 11.4. The van der Waals surface area contributed by atoms with Gasteiger partial charge in [0.2, 0.25) is 5.88 Å². The third-order valence-corrected chi connectivity index (χ3v) is 1.30. The molecule has 0 aliphatic carbocycles. The molecule has 1 aromatic rings. The van der Waals surface area contributed by atoms with Gasteiger partial charge in [-0.05, 0) is 20.8 Å². The molecule has 0 aliphatic heterocycles. The lowest BCUT2D eigenvalue weighted by Crippen LogP contribution is -2.23. The first-order chi connectivity index (χ1) is 6.01. The third kappa shape index (κ3) is 3.38. The Hall–Kier alpha value is -1.16. The average molecular weight is 181 g/mol. The molecule has 0 aromatic carbocycles. The van der Waals surface area contributed by atoms with Gasteiger partial charge in [-0.3, -0.25) is 4.98 Å². The number of nitrogens with zero attached hydrogens (tertiary/aromatic N) is 2. The number of nitrogens with two attached hydrogens (primary N) is 1. The zero-order valence-corrected chi connectivity index (χ0v) is 8.24. The van der Waals surface area contributed by atoms with Gasteiger partial charge in [0.25, 0.3) is 0 Å². The highest BCUT2D eigenvalue weighted by molar-refractivity contribution is 5.07. The van der Waals surface area contributed by atoms with E-state index in [0.717, 1.165) is 5.69 Å². The summed E-state index contributed by atoms with van der Waals surface area (Å²) in [6, 6.07) is 0. The molecule has 0 fully saturated rings. The Morgan fingerprint density at radius 3 is 2.38 bits per heavy atom. The summed E-state index contributed by atoms with van der Waals surface area (Å²) >= 11 is 0. The van der Waals surface area contributed by atoms with E-state index in [9.17, 15) is 0 Å². The van der Waals surface area contributed by atoms with E-state index in [1.165, 1.54) is 0 Å². The van der Waals surface area contributed by atoms with Crippen LogP contribution in [-0.4, -0.2) is 15.6 Å². The molecule has 0 aliphatic rings. The van der Waals surface area contributed by atoms with Crippen LogP contribution < -0.4 is 10.5 Å². The predicted molar refractivity (Wildman–Crippen MR) is 50.3 cm³/mol. The predicted octanol–water partition coefficient (Wildman–Crippen LogP) is 1.11. The van der Waals surface area contributed by atoms with Crippen molar-refractivity contribution in [3.05, 3.63) is 18.1 Å². The van der Waals surface area contributed by atoms with Gasteiger partial charge < -0.3 is 10.5 Å². The molecule has 1 aromatic heterocycles. The summed E-state index contributed by atoms with van der Waals surface area (Å²) < 4.78 is 5.49. The first-order valence-electron chi connectivity index (χ1n) is 4.21. The largest absolute Gasteiger partial charge is 0.471 e. The molecule has 2 N–H and O–H groups in total. The second kappa shape index (κ2) is 3.70. The van der Waals surface area contributed by atoms with E-state index in [4.69, 9.17) is 10.5 Å². The molecule has 0 amide bonds. The summed E-state index contributed by atoms with van der Waals surface area (Å²) in [6.45, 7) is 6.30. The standard InChI is InChI=1S/C9H15N3O/c1-9(2,3)13-8-6-11-7(4-10)5-12-8/h5-6H,4,10H2,1-3H3. The monoisotopic (exact) mass is 181 g/mol. The number of rotatable bonds is 2. The Balaban J connectivity index is 2.70. The van der Waals surface area contributed by atoms with E-state index in [0.29, 0.717) is 12.4 Å². The first kappa shape index (κ1) is 9.92. The molecule has 1 heterocycles. The van der Waals surface area contributed by atoms with Crippen molar-refractivity contribution in [2.24, 2.45) is 5.73 Å². The summed E-state index contributed by atoms with van der Waals surface area (Å²) in [7, 11) is 0. The third-order valence-electron chi connectivity index (χ3n) is 1.30. The van der Waals surface area contributed by atoms with Crippen molar-refractivity contribution in [2.45, 2.75) is 32.9 Å². The van der Waals surface area contributed by atoms with Crippen molar-refractivity contribution in [1.82, 2.24) is 9.97 Å². The van der Waals surface area contributed by atoms with Gasteiger partial charge >= 0.3 is 0 Å². The van der Waals surface area contributed by atoms with Gasteiger partial charge in [0.05, 0.1) is 18.1 Å². The summed E-state index contributed by atoms with van der Waals surface area (Å²) in [5.74, 6) is 0.532. The summed E-state index contributed by atoms with van der Waals surface area (Å²) in [6.07, 6.45) is 3.22. The van der Waals surface area contributed by atoms with E-state index in [1.807, 2.05) is 20.8 Å². The Bertz CT molecular complexity index is 263. The van der Waals surface area contributed by atoms with Crippen LogP contribution in [0.5, 0.6) is 5.88 Å². The van der Waals surface area contributed by atoms with Gasteiger partial charge in [-0.1, -0.05) is 0 Å². The minimum absolute atomic E-state index is 0.237. The van der Waals surface area contributed by atoms with E-state index < -0.39 is 0 Å². The minimum Gasteiger partial charge on any atom is -0.471 e. The van der Waals surface area contributed by atoms with Crippen molar-refractivity contribution >= 4 is 0 Å². The molecule has 0 bridgehead atoms. The second-order valence-electron chi connectivity index (χ2n) is 3.76. The summed E-state index contributed by atoms with van der Waals surface area (Å²) in [5, 5.41) is 0. The van der Waals surface area contributed by atoms with E-state index in [1.54, 1.807) is 12.4 Å². The number of ether oxygens (including phenoxy) is 1. The highest BCUT2D eigenvalue weighted by atomic mass is 16.5. The minimum atomic E-state index is -0.237. The fourth-order valence-corrected chi connectivity index (χ4v) is 0.815. The maximum atomic E-state index is 5.49. The molecule has 0 radical (unpaired) electrons. The number of hydrogen-bond acceptors (Lipinski definition) is 4. The second-order valence-corrected chi connectivity index (χ2v) is 3.76. The zero-order valence-electron chi connectivity index (χ0n) is 8.24. The van der Waals surface area contributed by atoms with Crippen molar-refractivity contribution in [1.29, 1.82) is 0 Å². The van der Waals surface area contributed by atoms with Gasteiger partial charge in [-0.15, -0.1) is 0 Å². The first-order valence-corrected chi connectivity index (χ1v) is 4.21. The van der Waals surface area contributed by atoms with E-state index in [2.05, 4.69) is 9.97 Å². The summed E-state index contributed by atoms with van der Waals surface area (Å²) in [4.78, 5) is 8.14. The Morgan fingerprint density at radius 1 is 1.31 bits per heavy atom. The lowest BCUT2D eigenvalue weighted by molar-refractivity contribution is 0.123. The van der Waals surface area contributed by atoms with Crippen LogP contribution >= 0.6 is 0 Å². The van der Waals surface area contributed by atoms with Gasteiger partial charge in [0.1, 0.15) is 5.60 Å². The van der Waals surface area contributed by atoms with Crippen LogP contribution in [0.4, 0.5) is 0 Å². The molecular weight excluding hydrogens is 166 g/mol. The van der Waals surface area contributed by atoms with Crippen LogP contribution in [0.3, 0.4) is 0 Å². The average Bonchev–Trinajstić information content (AvgIpc) is 2.03. The van der Waals surface area contributed by atoms with E-state index >= 15 is 0 Å². The van der Waals surface area contributed by atoms with Crippen molar-refractivity contribution in [3.63, 3.8) is 0 Å². The maximum Gasteiger partial charge on any atom is 0.232 e.